The van der Waals surface area contributed by atoms with Gasteiger partial charge in [0.2, 0.25) is 5.91 Å². The van der Waals surface area contributed by atoms with E-state index in [9.17, 15) is 4.79 Å². The van der Waals surface area contributed by atoms with Crippen LogP contribution in [0.25, 0.3) is 0 Å². The van der Waals surface area contributed by atoms with Crippen LogP contribution >= 0.6 is 11.6 Å². The second kappa shape index (κ2) is 6.95. The molecule has 0 aromatic heterocycles. The number of halogens is 1. The molecule has 110 valence electrons. The molecule has 1 aromatic carbocycles. The van der Waals surface area contributed by atoms with Gasteiger partial charge in [0, 0.05) is 37.4 Å². The molecule has 1 heterocycles. The van der Waals surface area contributed by atoms with Crippen molar-refractivity contribution in [1.29, 1.82) is 0 Å². The third-order valence-electron chi connectivity index (χ3n) is 3.79. The van der Waals surface area contributed by atoms with E-state index in [4.69, 9.17) is 11.6 Å². The number of hydrogen-bond donors (Lipinski definition) is 2. The Morgan fingerprint density at radius 3 is 2.95 bits per heavy atom. The lowest BCUT2D eigenvalue weighted by Gasteiger charge is -2.35. The van der Waals surface area contributed by atoms with Crippen LogP contribution in [0.5, 0.6) is 0 Å². The van der Waals surface area contributed by atoms with Crippen molar-refractivity contribution in [3.8, 4) is 0 Å². The summed E-state index contributed by atoms with van der Waals surface area (Å²) in [6, 6.07) is 5.97. The molecule has 5 heteroatoms. The second-order valence-electron chi connectivity index (χ2n) is 5.20. The van der Waals surface area contributed by atoms with E-state index in [0.29, 0.717) is 0 Å². The van der Waals surface area contributed by atoms with Crippen LogP contribution in [-0.4, -0.2) is 33.1 Å². The Hall–Kier alpha value is -1.26. The number of carbonyl (C=O) groups is 1. The first-order chi connectivity index (χ1) is 9.65. The van der Waals surface area contributed by atoms with Crippen LogP contribution in [0, 0.1) is 5.92 Å². The molecule has 0 saturated carbocycles. The van der Waals surface area contributed by atoms with E-state index < -0.39 is 0 Å². The Labute approximate surface area is 125 Å². The van der Waals surface area contributed by atoms with Gasteiger partial charge in [0.05, 0.1) is 5.92 Å². The van der Waals surface area contributed by atoms with E-state index in [1.165, 1.54) is 5.56 Å². The van der Waals surface area contributed by atoms with Crippen molar-refractivity contribution in [3.05, 3.63) is 28.8 Å². The average Bonchev–Trinajstić information content (AvgIpc) is 2.48. The predicted octanol–water partition coefficient (Wildman–Crippen LogP) is 2.02. The van der Waals surface area contributed by atoms with E-state index >= 15 is 0 Å². The van der Waals surface area contributed by atoms with Crippen molar-refractivity contribution in [2.45, 2.75) is 19.4 Å². The summed E-state index contributed by atoms with van der Waals surface area (Å²) in [6.07, 6.45) is 1.99. The maximum atomic E-state index is 11.8. The minimum Gasteiger partial charge on any atom is -0.370 e. The molecule has 1 atom stereocenters. The molecule has 1 aromatic rings. The summed E-state index contributed by atoms with van der Waals surface area (Å²) >= 11 is 6.14. The first-order valence-corrected chi connectivity index (χ1v) is 7.43. The SMILES string of the molecule is CNCc1ccc(Cl)cc1N1CCCC(C(=O)NC)C1. The molecule has 1 saturated heterocycles. The van der Waals surface area contributed by atoms with Crippen molar-refractivity contribution >= 4 is 23.2 Å². The highest BCUT2D eigenvalue weighted by Crippen LogP contribution is 2.29. The van der Waals surface area contributed by atoms with Gasteiger partial charge in [0.15, 0.2) is 0 Å². The van der Waals surface area contributed by atoms with E-state index in [2.05, 4.69) is 21.6 Å². The molecule has 0 bridgehead atoms. The molecule has 1 unspecified atom stereocenters. The largest absolute Gasteiger partial charge is 0.370 e. The molecule has 1 fully saturated rings. The molecule has 0 spiro atoms. The number of nitrogens with one attached hydrogen (secondary N) is 2. The molecule has 1 aliphatic rings. The van der Waals surface area contributed by atoms with Crippen molar-refractivity contribution in [2.75, 3.05) is 32.1 Å². The highest BCUT2D eigenvalue weighted by molar-refractivity contribution is 6.30. The maximum Gasteiger partial charge on any atom is 0.224 e. The first kappa shape index (κ1) is 15.1. The normalized spacial score (nSPS) is 18.9. The molecule has 4 nitrogen and oxygen atoms in total. The van der Waals surface area contributed by atoms with Crippen LogP contribution in [0.2, 0.25) is 5.02 Å². The van der Waals surface area contributed by atoms with E-state index in [1.54, 1.807) is 7.05 Å². The molecule has 0 radical (unpaired) electrons. The minimum absolute atomic E-state index is 0.0650. The summed E-state index contributed by atoms with van der Waals surface area (Å²) in [6.45, 7) is 2.54. The van der Waals surface area contributed by atoms with Gasteiger partial charge < -0.3 is 15.5 Å². The molecule has 2 N–H and O–H groups in total. The molecule has 1 amide bonds. The van der Waals surface area contributed by atoms with Crippen LogP contribution in [-0.2, 0) is 11.3 Å². The number of piperidine rings is 1. The van der Waals surface area contributed by atoms with Gasteiger partial charge >= 0.3 is 0 Å². The summed E-state index contributed by atoms with van der Waals surface area (Å²) in [5.74, 6) is 0.196. The number of rotatable bonds is 4. The molecule has 0 aliphatic carbocycles. The lowest BCUT2D eigenvalue weighted by atomic mass is 9.96. The maximum absolute atomic E-state index is 11.8. The topological polar surface area (TPSA) is 44.4 Å². The Morgan fingerprint density at radius 2 is 2.25 bits per heavy atom. The standard InChI is InChI=1S/C15H22ClN3O/c1-17-9-11-5-6-13(16)8-14(11)19-7-3-4-12(10-19)15(20)18-2/h5-6,8,12,17H,3-4,7,9-10H2,1-2H3,(H,18,20). The van der Waals surface area contributed by atoms with E-state index in [-0.39, 0.29) is 11.8 Å². The molecular formula is C15H22ClN3O. The molecule has 1 aliphatic heterocycles. The van der Waals surface area contributed by atoms with Gasteiger partial charge in [-0.25, -0.2) is 0 Å². The third-order valence-corrected chi connectivity index (χ3v) is 4.03. The van der Waals surface area contributed by atoms with Crippen LogP contribution in [0.3, 0.4) is 0 Å². The average molecular weight is 296 g/mol. The highest BCUT2D eigenvalue weighted by atomic mass is 35.5. The number of carbonyl (C=O) groups excluding carboxylic acids is 1. The molecule has 2 rings (SSSR count). The van der Waals surface area contributed by atoms with E-state index in [1.807, 2.05) is 19.2 Å². The summed E-state index contributed by atoms with van der Waals surface area (Å²) in [4.78, 5) is 14.1. The van der Waals surface area contributed by atoms with Gasteiger partial charge in [0.25, 0.3) is 0 Å². The van der Waals surface area contributed by atoms with Gasteiger partial charge in [-0.3, -0.25) is 4.79 Å². The Morgan fingerprint density at radius 1 is 1.45 bits per heavy atom. The zero-order chi connectivity index (χ0) is 14.5. The quantitative estimate of drug-likeness (QED) is 0.893. The van der Waals surface area contributed by atoms with Gasteiger partial charge in [-0.2, -0.15) is 0 Å². The Balaban J connectivity index is 2.21. The molecular weight excluding hydrogens is 274 g/mol. The summed E-state index contributed by atoms with van der Waals surface area (Å²) in [7, 11) is 3.63. The first-order valence-electron chi connectivity index (χ1n) is 7.05. The summed E-state index contributed by atoms with van der Waals surface area (Å²) < 4.78 is 0. The van der Waals surface area contributed by atoms with Gasteiger partial charge in [-0.15, -0.1) is 0 Å². The van der Waals surface area contributed by atoms with Crippen molar-refractivity contribution in [2.24, 2.45) is 5.92 Å². The monoisotopic (exact) mass is 295 g/mol. The van der Waals surface area contributed by atoms with Crippen LogP contribution in [0.4, 0.5) is 5.69 Å². The van der Waals surface area contributed by atoms with Gasteiger partial charge in [-0.05, 0) is 37.6 Å². The number of benzene rings is 1. The number of hydrogen-bond acceptors (Lipinski definition) is 3. The zero-order valence-electron chi connectivity index (χ0n) is 12.1. The third kappa shape index (κ3) is 3.44. The Kier molecular flexibility index (Phi) is 5.26. The van der Waals surface area contributed by atoms with Crippen molar-refractivity contribution in [3.63, 3.8) is 0 Å². The second-order valence-corrected chi connectivity index (χ2v) is 5.64. The minimum atomic E-state index is 0.0650. The Bertz CT molecular complexity index is 478. The summed E-state index contributed by atoms with van der Waals surface area (Å²) in [5, 5.41) is 6.67. The fourth-order valence-corrected chi connectivity index (χ4v) is 2.95. The fourth-order valence-electron chi connectivity index (χ4n) is 2.79. The van der Waals surface area contributed by atoms with Crippen molar-refractivity contribution in [1.82, 2.24) is 10.6 Å². The number of nitrogens with zero attached hydrogens (tertiary/aromatic N) is 1. The molecule has 20 heavy (non-hydrogen) atoms. The fraction of sp³-hybridized carbons (Fsp3) is 0.533. The summed E-state index contributed by atoms with van der Waals surface area (Å²) in [5.41, 5.74) is 2.36. The van der Waals surface area contributed by atoms with Crippen LogP contribution in [0.1, 0.15) is 18.4 Å². The lowest BCUT2D eigenvalue weighted by molar-refractivity contribution is -0.124. The predicted molar refractivity (Wildman–Crippen MR) is 83.2 cm³/mol. The zero-order valence-corrected chi connectivity index (χ0v) is 12.8. The van der Waals surface area contributed by atoms with Gasteiger partial charge in [-0.1, -0.05) is 17.7 Å². The van der Waals surface area contributed by atoms with Gasteiger partial charge in [0.1, 0.15) is 0 Å². The smallest absolute Gasteiger partial charge is 0.224 e. The highest BCUT2D eigenvalue weighted by Gasteiger charge is 2.26. The van der Waals surface area contributed by atoms with Crippen LogP contribution in [0.15, 0.2) is 18.2 Å². The van der Waals surface area contributed by atoms with E-state index in [0.717, 1.165) is 43.2 Å². The number of amides is 1. The van der Waals surface area contributed by atoms with Crippen LogP contribution < -0.4 is 15.5 Å². The van der Waals surface area contributed by atoms with Crippen molar-refractivity contribution < 1.29 is 4.79 Å². The lowest BCUT2D eigenvalue weighted by Crippen LogP contribution is -2.42. The number of anilines is 1.